The van der Waals surface area contributed by atoms with Crippen LogP contribution in [0.25, 0.3) is 0 Å². The van der Waals surface area contributed by atoms with E-state index >= 15 is 0 Å². The Morgan fingerprint density at radius 3 is 2.40 bits per heavy atom. The first kappa shape index (κ1) is 32.8. The second kappa shape index (κ2) is 15.5. The van der Waals surface area contributed by atoms with Crippen molar-refractivity contribution in [2.45, 2.75) is 71.6 Å². The van der Waals surface area contributed by atoms with Crippen LogP contribution in [0, 0.1) is 0 Å². The third kappa shape index (κ3) is 9.17. The second-order valence-electron chi connectivity index (χ2n) is 11.3. The van der Waals surface area contributed by atoms with Crippen molar-refractivity contribution in [1.82, 2.24) is 10.2 Å². The molecule has 0 aromatic heterocycles. The molecule has 42 heavy (non-hydrogen) atoms. The molecule has 0 spiro atoms. The normalized spacial score (nSPS) is 14.4. The van der Waals surface area contributed by atoms with E-state index in [0.717, 1.165) is 42.5 Å². The van der Waals surface area contributed by atoms with Gasteiger partial charge in [0.2, 0.25) is 0 Å². The topological polar surface area (TPSA) is 98.8 Å². The second-order valence-corrected chi connectivity index (χ2v) is 11.3. The van der Waals surface area contributed by atoms with Gasteiger partial charge in [-0.05, 0) is 57.4 Å². The van der Waals surface area contributed by atoms with Gasteiger partial charge < -0.3 is 33.9 Å². The van der Waals surface area contributed by atoms with E-state index in [1.807, 2.05) is 62.1 Å². The fraction of sp³-hybridized carbons (Fsp3) is 0.562. The average Bonchev–Trinajstić information content (AvgIpc) is 2.96. The number of amides is 3. The number of hydrogen-bond acceptors (Lipinski definition) is 7. The van der Waals surface area contributed by atoms with Crippen LogP contribution in [0.1, 0.15) is 70.6 Å². The first-order valence-electron chi connectivity index (χ1n) is 14.6. The Kier molecular flexibility index (Phi) is 12.2. The molecule has 1 aliphatic rings. The van der Waals surface area contributed by atoms with Gasteiger partial charge in [-0.15, -0.1) is 0 Å². The first-order valence-corrected chi connectivity index (χ1v) is 14.6. The van der Waals surface area contributed by atoms with Crippen molar-refractivity contribution in [2.24, 2.45) is 0 Å². The van der Waals surface area contributed by atoms with Crippen LogP contribution in [0.5, 0.6) is 17.2 Å². The monoisotopic (exact) mass is 585 g/mol. The maximum absolute atomic E-state index is 13.6. The quantitative estimate of drug-likeness (QED) is 0.259. The van der Waals surface area contributed by atoms with Gasteiger partial charge in [0.1, 0.15) is 11.4 Å². The third-order valence-electron chi connectivity index (χ3n) is 6.93. The van der Waals surface area contributed by atoms with Crippen LogP contribution in [-0.2, 0) is 16.0 Å². The van der Waals surface area contributed by atoms with Crippen molar-refractivity contribution < 1.29 is 33.3 Å². The van der Waals surface area contributed by atoms with Gasteiger partial charge in [0.15, 0.2) is 11.5 Å². The summed E-state index contributed by atoms with van der Waals surface area (Å²) in [6.07, 6.45) is 3.10. The summed E-state index contributed by atoms with van der Waals surface area (Å²) in [5, 5.41) is 2.76. The summed E-state index contributed by atoms with van der Waals surface area (Å²) < 4.78 is 28.2. The number of nitrogens with zero attached hydrogens (tertiary/aromatic N) is 2. The molecule has 1 atom stereocenters. The molecule has 1 saturated heterocycles. The van der Waals surface area contributed by atoms with E-state index in [9.17, 15) is 9.59 Å². The summed E-state index contributed by atoms with van der Waals surface area (Å²) in [4.78, 5) is 29.4. The van der Waals surface area contributed by atoms with E-state index in [0.29, 0.717) is 43.5 Å². The van der Waals surface area contributed by atoms with Gasteiger partial charge in [-0.1, -0.05) is 31.9 Å². The summed E-state index contributed by atoms with van der Waals surface area (Å²) in [6.45, 7) is 10.1. The Labute approximate surface area is 250 Å². The lowest BCUT2D eigenvalue weighted by molar-refractivity contribution is 0.0456. The predicted molar refractivity (Wildman–Crippen MR) is 163 cm³/mol. The summed E-state index contributed by atoms with van der Waals surface area (Å²) in [5.74, 6) is 1.93. The smallest absolute Gasteiger partial charge is 0.407 e. The van der Waals surface area contributed by atoms with E-state index in [1.54, 1.807) is 26.2 Å². The molecule has 10 heteroatoms. The Morgan fingerprint density at radius 2 is 1.74 bits per heavy atom. The molecule has 1 aliphatic heterocycles. The lowest BCUT2D eigenvalue weighted by Crippen LogP contribution is -2.49. The van der Waals surface area contributed by atoms with Gasteiger partial charge in [0, 0.05) is 37.5 Å². The van der Waals surface area contributed by atoms with Gasteiger partial charge in [-0.25, -0.2) is 9.59 Å². The number of urea groups is 1. The van der Waals surface area contributed by atoms with Crippen molar-refractivity contribution >= 4 is 17.8 Å². The highest BCUT2D eigenvalue weighted by Gasteiger charge is 2.28. The number of hydrogen-bond donors (Lipinski definition) is 1. The number of carbonyl (C=O) groups is 2. The minimum Gasteiger partial charge on any atom is -0.496 e. The van der Waals surface area contributed by atoms with Crippen molar-refractivity contribution in [1.29, 1.82) is 0 Å². The van der Waals surface area contributed by atoms with Crippen LogP contribution >= 0.6 is 0 Å². The van der Waals surface area contributed by atoms with E-state index in [-0.39, 0.29) is 12.6 Å². The fourth-order valence-corrected chi connectivity index (χ4v) is 4.77. The number of methoxy groups -OCH3 is 3. The number of unbranched alkanes of at least 4 members (excludes halogenated alkanes) is 2. The van der Waals surface area contributed by atoms with Gasteiger partial charge in [0.25, 0.3) is 0 Å². The highest BCUT2D eigenvalue weighted by Crippen LogP contribution is 2.34. The number of ether oxygens (including phenoxy) is 5. The molecule has 1 heterocycles. The Bertz CT molecular complexity index is 1180. The standard InChI is InChI=1S/C32H47N3O7/c1-8-9-10-18-41-28-20-25(14-15-26(28)38-5)35-17-11-16-34(31(35)37)22-24-13-12-23(19-27(24)39-6)29(40-7)21-33-30(36)42-32(2,3)4/h12-15,19-20,29H,8-11,16-18,21-22H2,1-7H3,(H,33,36). The summed E-state index contributed by atoms with van der Waals surface area (Å²) >= 11 is 0. The fourth-order valence-electron chi connectivity index (χ4n) is 4.77. The van der Waals surface area contributed by atoms with Crippen molar-refractivity contribution in [2.75, 3.05) is 52.5 Å². The highest BCUT2D eigenvalue weighted by molar-refractivity contribution is 5.93. The molecule has 1 unspecified atom stereocenters. The van der Waals surface area contributed by atoms with Crippen molar-refractivity contribution in [3.05, 3.63) is 47.5 Å². The van der Waals surface area contributed by atoms with Crippen LogP contribution in [0.2, 0.25) is 0 Å². The molecule has 1 N–H and O–H groups in total. The Balaban J connectivity index is 1.71. The summed E-state index contributed by atoms with van der Waals surface area (Å²) in [5.41, 5.74) is 1.90. The van der Waals surface area contributed by atoms with Crippen LogP contribution in [-0.4, -0.2) is 70.2 Å². The molecule has 0 radical (unpaired) electrons. The zero-order valence-electron chi connectivity index (χ0n) is 26.2. The zero-order chi connectivity index (χ0) is 30.7. The maximum Gasteiger partial charge on any atom is 0.407 e. The van der Waals surface area contributed by atoms with Gasteiger partial charge in [0.05, 0.1) is 40.0 Å². The molecule has 10 nitrogen and oxygen atoms in total. The van der Waals surface area contributed by atoms with Crippen LogP contribution in [0.4, 0.5) is 15.3 Å². The van der Waals surface area contributed by atoms with Crippen LogP contribution in [0.3, 0.4) is 0 Å². The molecule has 0 aliphatic carbocycles. The SMILES string of the molecule is CCCCCOc1cc(N2CCCN(Cc3ccc(C(CNC(=O)OC(C)(C)C)OC)cc3OC)C2=O)ccc1OC. The number of alkyl carbamates (subject to hydrolysis) is 1. The van der Waals surface area contributed by atoms with E-state index in [2.05, 4.69) is 12.2 Å². The molecule has 3 amide bonds. The van der Waals surface area contributed by atoms with E-state index in [4.69, 9.17) is 23.7 Å². The number of carbonyl (C=O) groups excluding carboxylic acids is 2. The minimum atomic E-state index is -0.587. The highest BCUT2D eigenvalue weighted by atomic mass is 16.6. The van der Waals surface area contributed by atoms with Crippen LogP contribution < -0.4 is 24.4 Å². The number of benzene rings is 2. The molecule has 0 bridgehead atoms. The predicted octanol–water partition coefficient (Wildman–Crippen LogP) is 6.32. The van der Waals surface area contributed by atoms with Gasteiger partial charge in [-0.2, -0.15) is 0 Å². The Hall–Kier alpha value is -3.66. The zero-order valence-corrected chi connectivity index (χ0v) is 26.2. The van der Waals surface area contributed by atoms with Gasteiger partial charge in [-0.3, -0.25) is 4.90 Å². The summed E-state index contributed by atoms with van der Waals surface area (Å²) in [7, 11) is 4.81. The van der Waals surface area contributed by atoms with Crippen LogP contribution in [0.15, 0.2) is 36.4 Å². The van der Waals surface area contributed by atoms with E-state index < -0.39 is 17.8 Å². The molecule has 0 saturated carbocycles. The molecule has 2 aromatic rings. The largest absolute Gasteiger partial charge is 0.496 e. The van der Waals surface area contributed by atoms with Crippen molar-refractivity contribution in [3.63, 3.8) is 0 Å². The minimum absolute atomic E-state index is 0.0780. The molecule has 2 aromatic carbocycles. The first-order chi connectivity index (χ1) is 20.1. The maximum atomic E-state index is 13.6. The van der Waals surface area contributed by atoms with Gasteiger partial charge >= 0.3 is 12.1 Å². The third-order valence-corrected chi connectivity index (χ3v) is 6.93. The average molecular weight is 586 g/mol. The number of anilines is 1. The number of nitrogens with one attached hydrogen (secondary N) is 1. The van der Waals surface area contributed by atoms with Crippen molar-refractivity contribution in [3.8, 4) is 17.2 Å². The van der Waals surface area contributed by atoms with E-state index in [1.165, 1.54) is 0 Å². The molecular weight excluding hydrogens is 538 g/mol. The lowest BCUT2D eigenvalue weighted by atomic mass is 10.0. The number of rotatable bonds is 14. The molecule has 3 rings (SSSR count). The Morgan fingerprint density at radius 1 is 0.976 bits per heavy atom. The lowest BCUT2D eigenvalue weighted by Gasteiger charge is -2.36. The summed E-state index contributed by atoms with van der Waals surface area (Å²) in [6, 6.07) is 11.3. The molecule has 232 valence electrons. The molecular formula is C32H47N3O7. The molecule has 1 fully saturated rings.